The Balaban J connectivity index is 4.10. The van der Waals surface area contributed by atoms with Gasteiger partial charge in [-0.3, -0.25) is 4.79 Å². The number of carbonyl (C=O) groups is 2. The fraction of sp³-hybridized carbons (Fsp3) is 0.818. The Bertz CT molecular complexity index is 214. The Morgan fingerprint density at radius 2 is 1.87 bits per heavy atom. The third-order valence-electron chi connectivity index (χ3n) is 2.17. The highest BCUT2D eigenvalue weighted by molar-refractivity contribution is 5.83. The maximum Gasteiger partial charge on any atom is 0.223 e. The molecule has 1 amide bonds. The number of ether oxygens (including phenoxy) is 1. The van der Waals surface area contributed by atoms with Crippen LogP contribution in [0.25, 0.3) is 0 Å². The highest BCUT2D eigenvalue weighted by Crippen LogP contribution is 2.04. The first-order valence-electron chi connectivity index (χ1n) is 5.27. The highest BCUT2D eigenvalue weighted by atomic mass is 16.5. The monoisotopic (exact) mass is 215 g/mol. The summed E-state index contributed by atoms with van der Waals surface area (Å²) >= 11 is 0. The molecule has 4 heteroatoms. The minimum atomic E-state index is 0.0252. The fourth-order valence-electron chi connectivity index (χ4n) is 1.29. The Labute approximate surface area is 91.6 Å². The molecule has 0 aromatic rings. The molecule has 15 heavy (non-hydrogen) atoms. The Morgan fingerprint density at radius 3 is 2.27 bits per heavy atom. The lowest BCUT2D eigenvalue weighted by Gasteiger charge is -2.26. The number of amides is 1. The van der Waals surface area contributed by atoms with Crippen LogP contribution >= 0.6 is 0 Å². The van der Waals surface area contributed by atoms with E-state index in [1.54, 1.807) is 12.0 Å². The van der Waals surface area contributed by atoms with Crippen molar-refractivity contribution in [2.75, 3.05) is 20.3 Å². The molecule has 0 N–H and O–H groups in total. The lowest BCUT2D eigenvalue weighted by Crippen LogP contribution is -2.39. The van der Waals surface area contributed by atoms with E-state index in [0.717, 1.165) is 0 Å². The first kappa shape index (κ1) is 14.1. The maximum absolute atomic E-state index is 11.7. The molecule has 0 aliphatic carbocycles. The summed E-state index contributed by atoms with van der Waals surface area (Å²) in [7, 11) is 1.61. The second kappa shape index (κ2) is 7.40. The molecule has 0 saturated heterocycles. The molecule has 0 rings (SSSR count). The summed E-state index contributed by atoms with van der Waals surface area (Å²) in [5, 5.41) is 0. The predicted molar refractivity (Wildman–Crippen MR) is 58.6 cm³/mol. The topological polar surface area (TPSA) is 46.6 Å². The zero-order valence-electron chi connectivity index (χ0n) is 10.1. The molecule has 0 aromatic heterocycles. The molecule has 0 atom stereocenters. The van der Waals surface area contributed by atoms with Crippen LogP contribution < -0.4 is 0 Å². The van der Waals surface area contributed by atoms with Gasteiger partial charge in [-0.05, 0) is 20.8 Å². The van der Waals surface area contributed by atoms with Crippen LogP contribution in [0, 0.1) is 0 Å². The molecule has 0 radical (unpaired) electrons. The second-order valence-corrected chi connectivity index (χ2v) is 3.88. The van der Waals surface area contributed by atoms with Gasteiger partial charge in [-0.2, -0.15) is 0 Å². The van der Waals surface area contributed by atoms with Crippen molar-refractivity contribution in [1.29, 1.82) is 0 Å². The summed E-state index contributed by atoms with van der Waals surface area (Å²) in [6.45, 7) is 6.54. The standard InChI is InChI=1S/C11H21NO3/c1-9(2)12(7-8-15-4)11(14)6-5-10(3)13/h9H,5-8H2,1-4H3. The number of Topliss-reactive ketones (excluding diaryl/α,β-unsaturated/α-hetero) is 1. The van der Waals surface area contributed by atoms with E-state index in [9.17, 15) is 9.59 Å². The van der Waals surface area contributed by atoms with Gasteiger partial charge in [-0.15, -0.1) is 0 Å². The number of nitrogens with zero attached hydrogens (tertiary/aromatic N) is 1. The summed E-state index contributed by atoms with van der Waals surface area (Å²) in [6.07, 6.45) is 0.631. The summed E-state index contributed by atoms with van der Waals surface area (Å²) in [6, 6.07) is 0.152. The second-order valence-electron chi connectivity index (χ2n) is 3.88. The van der Waals surface area contributed by atoms with Crippen LogP contribution in [0.4, 0.5) is 0 Å². The van der Waals surface area contributed by atoms with E-state index in [2.05, 4.69) is 0 Å². The molecule has 0 bridgehead atoms. The number of methoxy groups -OCH3 is 1. The van der Waals surface area contributed by atoms with Gasteiger partial charge in [0.05, 0.1) is 6.61 Å². The first-order chi connectivity index (χ1) is 6.99. The minimum Gasteiger partial charge on any atom is -0.383 e. The van der Waals surface area contributed by atoms with Gasteiger partial charge in [0.15, 0.2) is 0 Å². The zero-order valence-corrected chi connectivity index (χ0v) is 10.1. The van der Waals surface area contributed by atoms with Crippen LogP contribution in [0.15, 0.2) is 0 Å². The average Bonchev–Trinajstić information content (AvgIpc) is 2.14. The van der Waals surface area contributed by atoms with Gasteiger partial charge in [0.25, 0.3) is 0 Å². The van der Waals surface area contributed by atoms with Crippen molar-refractivity contribution in [2.45, 2.75) is 39.7 Å². The lowest BCUT2D eigenvalue weighted by molar-refractivity contribution is -0.135. The van der Waals surface area contributed by atoms with Crippen LogP contribution in [0.5, 0.6) is 0 Å². The van der Waals surface area contributed by atoms with Gasteiger partial charge in [0.1, 0.15) is 5.78 Å². The quantitative estimate of drug-likeness (QED) is 0.642. The van der Waals surface area contributed by atoms with Gasteiger partial charge in [-0.1, -0.05) is 0 Å². The first-order valence-corrected chi connectivity index (χ1v) is 5.27. The van der Waals surface area contributed by atoms with Crippen LogP contribution in [-0.2, 0) is 14.3 Å². The van der Waals surface area contributed by atoms with Gasteiger partial charge in [0, 0.05) is 32.5 Å². The van der Waals surface area contributed by atoms with Crippen LogP contribution in [-0.4, -0.2) is 42.9 Å². The molecule has 88 valence electrons. The van der Waals surface area contributed by atoms with E-state index >= 15 is 0 Å². The molecule has 0 aromatic carbocycles. The summed E-state index contributed by atoms with van der Waals surface area (Å²) in [5.74, 6) is 0.0797. The molecule has 0 fully saturated rings. The fourth-order valence-corrected chi connectivity index (χ4v) is 1.29. The SMILES string of the molecule is COCCN(C(=O)CCC(C)=O)C(C)C. The van der Waals surface area contributed by atoms with Crippen molar-refractivity contribution in [1.82, 2.24) is 4.90 Å². The smallest absolute Gasteiger partial charge is 0.223 e. The highest BCUT2D eigenvalue weighted by Gasteiger charge is 2.16. The number of hydrogen-bond acceptors (Lipinski definition) is 3. The molecule has 0 aliphatic rings. The van der Waals surface area contributed by atoms with Crippen molar-refractivity contribution in [3.05, 3.63) is 0 Å². The van der Waals surface area contributed by atoms with Gasteiger partial charge < -0.3 is 14.4 Å². The van der Waals surface area contributed by atoms with Crippen LogP contribution in [0.2, 0.25) is 0 Å². The molecular weight excluding hydrogens is 194 g/mol. The zero-order chi connectivity index (χ0) is 11.8. The van der Waals surface area contributed by atoms with Crippen molar-refractivity contribution < 1.29 is 14.3 Å². The molecular formula is C11H21NO3. The predicted octanol–water partition coefficient (Wildman–Crippen LogP) is 1.24. The third kappa shape index (κ3) is 6.23. The number of hydrogen-bond donors (Lipinski definition) is 0. The van der Waals surface area contributed by atoms with E-state index < -0.39 is 0 Å². The Hall–Kier alpha value is -0.900. The third-order valence-corrected chi connectivity index (χ3v) is 2.17. The number of ketones is 1. The maximum atomic E-state index is 11.7. The normalized spacial score (nSPS) is 10.5. The van der Waals surface area contributed by atoms with Crippen molar-refractivity contribution in [3.63, 3.8) is 0 Å². The Kier molecular flexibility index (Phi) is 6.96. The molecule has 4 nitrogen and oxygen atoms in total. The average molecular weight is 215 g/mol. The van der Waals surface area contributed by atoms with Crippen molar-refractivity contribution >= 4 is 11.7 Å². The van der Waals surface area contributed by atoms with Gasteiger partial charge in [-0.25, -0.2) is 0 Å². The summed E-state index contributed by atoms with van der Waals surface area (Å²) in [5.41, 5.74) is 0. The van der Waals surface area contributed by atoms with Gasteiger partial charge in [0.2, 0.25) is 5.91 Å². The van der Waals surface area contributed by atoms with Crippen molar-refractivity contribution in [3.8, 4) is 0 Å². The molecule has 0 aliphatic heterocycles. The van der Waals surface area contributed by atoms with E-state index in [4.69, 9.17) is 4.74 Å². The van der Waals surface area contributed by atoms with E-state index in [1.165, 1.54) is 6.92 Å². The van der Waals surface area contributed by atoms with Crippen LogP contribution in [0.3, 0.4) is 0 Å². The molecule has 0 spiro atoms. The van der Waals surface area contributed by atoms with E-state index in [1.807, 2.05) is 13.8 Å². The Morgan fingerprint density at radius 1 is 1.27 bits per heavy atom. The molecule has 0 saturated carbocycles. The summed E-state index contributed by atoms with van der Waals surface area (Å²) < 4.78 is 4.94. The van der Waals surface area contributed by atoms with E-state index in [0.29, 0.717) is 26.0 Å². The summed E-state index contributed by atoms with van der Waals surface area (Å²) in [4.78, 5) is 24.2. The van der Waals surface area contributed by atoms with Crippen LogP contribution in [0.1, 0.15) is 33.6 Å². The van der Waals surface area contributed by atoms with E-state index in [-0.39, 0.29) is 17.7 Å². The number of carbonyl (C=O) groups excluding carboxylic acids is 2. The lowest BCUT2D eigenvalue weighted by atomic mass is 10.2. The van der Waals surface area contributed by atoms with Gasteiger partial charge >= 0.3 is 0 Å². The largest absolute Gasteiger partial charge is 0.383 e. The molecule has 0 unspecified atom stereocenters. The minimum absolute atomic E-state index is 0.0252. The number of rotatable bonds is 7. The molecule has 0 heterocycles. The van der Waals surface area contributed by atoms with Crippen molar-refractivity contribution in [2.24, 2.45) is 0 Å².